The zero-order chi connectivity index (χ0) is 25.8. The summed E-state index contributed by atoms with van der Waals surface area (Å²) >= 11 is 7.50. The molecule has 2 aliphatic heterocycles. The van der Waals surface area contributed by atoms with Crippen LogP contribution in [0.1, 0.15) is 11.1 Å². The minimum absolute atomic E-state index is 0.0421. The van der Waals surface area contributed by atoms with E-state index in [2.05, 4.69) is 10.1 Å². The van der Waals surface area contributed by atoms with Gasteiger partial charge in [0.1, 0.15) is 35.5 Å². The van der Waals surface area contributed by atoms with Gasteiger partial charge < -0.3 is 14.2 Å². The number of ether oxygens (including phenoxy) is 3. The van der Waals surface area contributed by atoms with Crippen molar-refractivity contribution in [2.24, 2.45) is 10.1 Å². The molecule has 1 N–H and O–H groups in total. The zero-order valence-corrected chi connectivity index (χ0v) is 21.3. The molecule has 10 heteroatoms. The Bertz CT molecular complexity index is 1450. The summed E-state index contributed by atoms with van der Waals surface area (Å²) in [5.41, 5.74) is 1.60. The molecule has 0 aliphatic carbocycles. The predicted octanol–water partition coefficient (Wildman–Crippen LogP) is 5.47. The van der Waals surface area contributed by atoms with Crippen LogP contribution in [0.25, 0.3) is 6.08 Å². The second kappa shape index (κ2) is 10.9. The van der Waals surface area contributed by atoms with E-state index < -0.39 is 5.91 Å². The number of hydrazone groups is 1. The standard InChI is InChI=1S/C27H21ClN4O4S/c1-34-19-5-4-6-20(16-19)36-14-13-35-18-11-9-17(10-12-18)15-22-24(29)32-27(30-25(22)33)37-26(31-32)21-7-2-3-8-23(21)28/h2-12,15-16,29H,13-14H2,1H3/b22-15+,29-24?. The summed E-state index contributed by atoms with van der Waals surface area (Å²) in [6, 6.07) is 21.9. The van der Waals surface area contributed by atoms with Crippen molar-refractivity contribution < 1.29 is 19.0 Å². The van der Waals surface area contributed by atoms with Crippen molar-refractivity contribution >= 4 is 51.4 Å². The van der Waals surface area contributed by atoms with Crippen molar-refractivity contribution in [1.82, 2.24) is 5.01 Å². The van der Waals surface area contributed by atoms with E-state index in [-0.39, 0.29) is 11.4 Å². The molecule has 5 rings (SSSR count). The van der Waals surface area contributed by atoms with Crippen LogP contribution in [0.4, 0.5) is 0 Å². The smallest absolute Gasteiger partial charge is 0.283 e. The maximum atomic E-state index is 12.7. The minimum Gasteiger partial charge on any atom is -0.497 e. The van der Waals surface area contributed by atoms with Crippen LogP contribution in [0.15, 0.2) is 88.5 Å². The number of amides is 1. The van der Waals surface area contributed by atoms with E-state index in [4.69, 9.17) is 31.2 Å². The van der Waals surface area contributed by atoms with Crippen LogP contribution in [0, 0.1) is 5.41 Å². The first-order valence-corrected chi connectivity index (χ1v) is 12.5. The Labute approximate surface area is 222 Å². The number of rotatable bonds is 8. The molecule has 0 atom stereocenters. The fourth-order valence-electron chi connectivity index (χ4n) is 3.57. The molecule has 0 radical (unpaired) electrons. The van der Waals surface area contributed by atoms with E-state index in [1.165, 1.54) is 16.8 Å². The summed E-state index contributed by atoms with van der Waals surface area (Å²) in [6.45, 7) is 0.728. The lowest BCUT2D eigenvalue weighted by Gasteiger charge is -2.20. The number of aliphatic imine (C=N–C) groups is 1. The lowest BCUT2D eigenvalue weighted by atomic mass is 10.1. The van der Waals surface area contributed by atoms with Crippen LogP contribution >= 0.6 is 23.4 Å². The number of nitrogens with one attached hydrogen (secondary N) is 1. The fourth-order valence-corrected chi connectivity index (χ4v) is 4.78. The first-order valence-electron chi connectivity index (χ1n) is 11.3. The Hall–Kier alpha value is -4.08. The number of benzene rings is 3. The Morgan fingerprint density at radius 2 is 1.70 bits per heavy atom. The van der Waals surface area contributed by atoms with Crippen LogP contribution in [0.2, 0.25) is 5.02 Å². The minimum atomic E-state index is -0.491. The lowest BCUT2D eigenvalue weighted by molar-refractivity contribution is -0.114. The van der Waals surface area contributed by atoms with Gasteiger partial charge in [-0.1, -0.05) is 48.0 Å². The molecule has 3 aromatic carbocycles. The molecule has 0 unspecified atom stereocenters. The maximum absolute atomic E-state index is 12.7. The first-order chi connectivity index (χ1) is 18.0. The molecule has 0 aromatic heterocycles. The highest BCUT2D eigenvalue weighted by atomic mass is 35.5. The van der Waals surface area contributed by atoms with E-state index in [9.17, 15) is 4.79 Å². The normalized spacial score (nSPS) is 15.8. The summed E-state index contributed by atoms with van der Waals surface area (Å²) in [5.74, 6) is 1.56. The number of carbonyl (C=O) groups is 1. The van der Waals surface area contributed by atoms with Gasteiger partial charge in [-0.15, -0.1) is 0 Å². The monoisotopic (exact) mass is 532 g/mol. The van der Waals surface area contributed by atoms with Gasteiger partial charge in [-0.2, -0.15) is 15.1 Å². The zero-order valence-electron chi connectivity index (χ0n) is 19.7. The largest absolute Gasteiger partial charge is 0.497 e. The highest BCUT2D eigenvalue weighted by Crippen LogP contribution is 2.33. The quantitative estimate of drug-likeness (QED) is 0.305. The molecule has 2 aliphatic rings. The van der Waals surface area contributed by atoms with E-state index >= 15 is 0 Å². The molecule has 8 nitrogen and oxygen atoms in total. The second-order valence-electron chi connectivity index (χ2n) is 7.85. The third kappa shape index (κ3) is 5.52. The Balaban J connectivity index is 1.22. The van der Waals surface area contributed by atoms with Crippen LogP contribution in [-0.2, 0) is 4.79 Å². The Kier molecular flexibility index (Phi) is 7.25. The molecule has 0 fully saturated rings. The van der Waals surface area contributed by atoms with Crippen molar-refractivity contribution in [1.29, 1.82) is 5.41 Å². The lowest BCUT2D eigenvalue weighted by Crippen LogP contribution is -2.35. The van der Waals surface area contributed by atoms with Crippen molar-refractivity contribution in [2.75, 3.05) is 20.3 Å². The number of hydrogen-bond donors (Lipinski definition) is 1. The van der Waals surface area contributed by atoms with E-state index in [1.807, 2.05) is 54.6 Å². The number of nitrogens with zero attached hydrogens (tertiary/aromatic N) is 3. The average molecular weight is 533 g/mol. The molecule has 1 amide bonds. The number of thioether (sulfide) groups is 1. The van der Waals surface area contributed by atoms with Gasteiger partial charge in [-0.3, -0.25) is 10.2 Å². The molecular weight excluding hydrogens is 512 g/mol. The van der Waals surface area contributed by atoms with Gasteiger partial charge in [0.15, 0.2) is 5.84 Å². The summed E-state index contributed by atoms with van der Waals surface area (Å²) in [6.07, 6.45) is 1.62. The van der Waals surface area contributed by atoms with Crippen LogP contribution < -0.4 is 14.2 Å². The Morgan fingerprint density at radius 3 is 2.46 bits per heavy atom. The average Bonchev–Trinajstić information content (AvgIpc) is 3.34. The number of hydrogen-bond acceptors (Lipinski definition) is 7. The number of carbonyl (C=O) groups excluding carboxylic acids is 1. The van der Waals surface area contributed by atoms with Gasteiger partial charge in [0.2, 0.25) is 5.17 Å². The fraction of sp³-hybridized carbons (Fsp3) is 0.111. The highest BCUT2D eigenvalue weighted by Gasteiger charge is 2.36. The molecule has 0 spiro atoms. The van der Waals surface area contributed by atoms with Crippen LogP contribution in [-0.4, -0.2) is 47.3 Å². The van der Waals surface area contributed by atoms with E-state index in [0.29, 0.717) is 39.9 Å². The summed E-state index contributed by atoms with van der Waals surface area (Å²) in [4.78, 5) is 16.8. The summed E-state index contributed by atoms with van der Waals surface area (Å²) < 4.78 is 16.6. The second-order valence-corrected chi connectivity index (χ2v) is 9.21. The predicted molar refractivity (Wildman–Crippen MR) is 146 cm³/mol. The molecule has 0 saturated carbocycles. The van der Waals surface area contributed by atoms with Gasteiger partial charge in [0, 0.05) is 11.6 Å². The van der Waals surface area contributed by atoms with Crippen LogP contribution in [0.5, 0.6) is 17.2 Å². The van der Waals surface area contributed by atoms with E-state index in [1.54, 1.807) is 31.4 Å². The summed E-state index contributed by atoms with van der Waals surface area (Å²) in [7, 11) is 1.61. The number of amidine groups is 2. The number of methoxy groups -OCH3 is 1. The number of halogens is 1. The molecule has 0 saturated heterocycles. The van der Waals surface area contributed by atoms with E-state index in [0.717, 1.165) is 16.9 Å². The van der Waals surface area contributed by atoms with Crippen molar-refractivity contribution in [3.8, 4) is 17.2 Å². The SMILES string of the molecule is COc1cccc(OCCOc2ccc(/C=C3\C(=N)N4N=C(c5ccccc5Cl)SC4=NC3=O)cc2)c1. The third-order valence-corrected chi connectivity index (χ3v) is 6.68. The van der Waals surface area contributed by atoms with Crippen molar-refractivity contribution in [2.45, 2.75) is 0 Å². The van der Waals surface area contributed by atoms with Gasteiger partial charge in [0.25, 0.3) is 5.91 Å². The molecule has 0 bridgehead atoms. The highest BCUT2D eigenvalue weighted by molar-refractivity contribution is 8.27. The van der Waals surface area contributed by atoms with Gasteiger partial charge in [-0.25, -0.2) is 0 Å². The molecule has 2 heterocycles. The van der Waals surface area contributed by atoms with Gasteiger partial charge >= 0.3 is 0 Å². The summed E-state index contributed by atoms with van der Waals surface area (Å²) in [5, 5.41) is 15.9. The maximum Gasteiger partial charge on any atom is 0.283 e. The van der Waals surface area contributed by atoms with Crippen LogP contribution in [0.3, 0.4) is 0 Å². The molecular formula is C27H21ClN4O4S. The topological polar surface area (TPSA) is 96.6 Å². The van der Waals surface area contributed by atoms with Gasteiger partial charge in [0.05, 0.1) is 17.7 Å². The van der Waals surface area contributed by atoms with Crippen molar-refractivity contribution in [3.63, 3.8) is 0 Å². The third-order valence-electron chi connectivity index (χ3n) is 5.41. The molecule has 37 heavy (non-hydrogen) atoms. The Morgan fingerprint density at radius 1 is 0.973 bits per heavy atom. The molecule has 186 valence electrons. The molecule has 3 aromatic rings. The number of fused-ring (bicyclic) bond motifs is 1. The first kappa shape index (κ1) is 24.6. The van der Waals surface area contributed by atoms with Gasteiger partial charge in [-0.05, 0) is 53.7 Å². The van der Waals surface area contributed by atoms with Crippen molar-refractivity contribution in [3.05, 3.63) is 94.5 Å².